The Bertz CT molecular complexity index is 1030. The molecule has 9 nitrogen and oxygen atoms in total. The number of non-ortho nitro benzene ring substituents is 1. The number of carbonyl (C=O) groups is 1. The van der Waals surface area contributed by atoms with Crippen LogP contribution in [-0.4, -0.2) is 27.4 Å². The van der Waals surface area contributed by atoms with Crippen molar-refractivity contribution in [1.29, 1.82) is 0 Å². The first-order valence-electron chi connectivity index (χ1n) is 8.07. The summed E-state index contributed by atoms with van der Waals surface area (Å²) >= 11 is 0. The van der Waals surface area contributed by atoms with E-state index in [1.807, 2.05) is 12.1 Å². The summed E-state index contributed by atoms with van der Waals surface area (Å²) in [5.41, 5.74) is 1.53. The van der Waals surface area contributed by atoms with Crippen molar-refractivity contribution in [3.8, 4) is 17.2 Å². The van der Waals surface area contributed by atoms with Gasteiger partial charge in [-0.25, -0.2) is 4.68 Å². The summed E-state index contributed by atoms with van der Waals surface area (Å²) in [7, 11) is 0. The minimum Gasteiger partial charge on any atom is -0.454 e. The lowest BCUT2D eigenvalue weighted by molar-refractivity contribution is -0.384. The van der Waals surface area contributed by atoms with Crippen LogP contribution in [0.1, 0.15) is 16.1 Å². The number of nitro groups is 1. The predicted octanol–water partition coefficient (Wildman–Crippen LogP) is 2.44. The highest BCUT2D eigenvalue weighted by Gasteiger charge is 2.15. The van der Waals surface area contributed by atoms with E-state index in [4.69, 9.17) is 9.47 Å². The zero-order valence-electron chi connectivity index (χ0n) is 14.0. The van der Waals surface area contributed by atoms with Crippen LogP contribution in [0.4, 0.5) is 5.69 Å². The molecule has 1 amide bonds. The van der Waals surface area contributed by atoms with Crippen LogP contribution < -0.4 is 14.8 Å². The maximum Gasteiger partial charge on any atom is 0.272 e. The van der Waals surface area contributed by atoms with E-state index in [9.17, 15) is 14.9 Å². The second-order valence-electron chi connectivity index (χ2n) is 5.79. The molecule has 0 bridgehead atoms. The summed E-state index contributed by atoms with van der Waals surface area (Å²) in [6.45, 7) is 0.499. The molecule has 1 aliphatic heterocycles. The zero-order valence-corrected chi connectivity index (χ0v) is 14.0. The van der Waals surface area contributed by atoms with E-state index in [2.05, 4.69) is 10.4 Å². The number of nitrogens with zero attached hydrogens (tertiary/aromatic N) is 3. The van der Waals surface area contributed by atoms with E-state index >= 15 is 0 Å². The number of benzene rings is 2. The first kappa shape index (κ1) is 16.6. The van der Waals surface area contributed by atoms with Crippen LogP contribution in [0.15, 0.2) is 54.7 Å². The van der Waals surface area contributed by atoms with E-state index < -0.39 is 4.92 Å². The van der Waals surface area contributed by atoms with E-state index in [1.54, 1.807) is 30.5 Å². The van der Waals surface area contributed by atoms with E-state index in [0.29, 0.717) is 23.7 Å². The quantitative estimate of drug-likeness (QED) is 0.549. The molecular formula is C18H14N4O5. The molecule has 3 aromatic rings. The number of hydrogen-bond donors (Lipinski definition) is 1. The molecule has 0 radical (unpaired) electrons. The van der Waals surface area contributed by atoms with Crippen molar-refractivity contribution in [2.75, 3.05) is 6.79 Å². The maximum atomic E-state index is 12.3. The maximum absolute atomic E-state index is 12.3. The highest BCUT2D eigenvalue weighted by Crippen LogP contribution is 2.32. The van der Waals surface area contributed by atoms with Gasteiger partial charge in [0.1, 0.15) is 0 Å². The molecule has 0 fully saturated rings. The third-order valence-electron chi connectivity index (χ3n) is 4.02. The molecule has 2 aromatic carbocycles. The van der Waals surface area contributed by atoms with Gasteiger partial charge in [0.25, 0.3) is 11.6 Å². The van der Waals surface area contributed by atoms with Crippen molar-refractivity contribution < 1.29 is 19.2 Å². The SMILES string of the molecule is O=C(NCc1ccc2c(c1)OCO2)c1ccn(-c2cccc([N+](=O)[O-])c2)n1. The van der Waals surface area contributed by atoms with Crippen molar-refractivity contribution in [2.45, 2.75) is 6.54 Å². The van der Waals surface area contributed by atoms with Gasteiger partial charge in [-0.1, -0.05) is 12.1 Å². The van der Waals surface area contributed by atoms with Crippen LogP contribution in [-0.2, 0) is 6.54 Å². The van der Waals surface area contributed by atoms with Gasteiger partial charge in [-0.05, 0) is 29.8 Å². The fourth-order valence-corrected chi connectivity index (χ4v) is 2.66. The van der Waals surface area contributed by atoms with Crippen molar-refractivity contribution in [3.05, 3.63) is 76.1 Å². The van der Waals surface area contributed by atoms with E-state index in [0.717, 1.165) is 5.56 Å². The molecule has 0 saturated carbocycles. The number of carbonyl (C=O) groups excluding carboxylic acids is 1. The lowest BCUT2D eigenvalue weighted by atomic mass is 10.2. The van der Waals surface area contributed by atoms with Gasteiger partial charge in [-0.2, -0.15) is 5.10 Å². The lowest BCUT2D eigenvalue weighted by Crippen LogP contribution is -2.23. The Balaban J connectivity index is 1.44. The molecule has 4 rings (SSSR count). The van der Waals surface area contributed by atoms with Gasteiger partial charge in [0.05, 0.1) is 10.6 Å². The Morgan fingerprint density at radius 2 is 2.04 bits per heavy atom. The number of rotatable bonds is 5. The highest BCUT2D eigenvalue weighted by molar-refractivity contribution is 5.92. The fourth-order valence-electron chi connectivity index (χ4n) is 2.66. The molecule has 1 N–H and O–H groups in total. The lowest BCUT2D eigenvalue weighted by Gasteiger charge is -2.05. The Kier molecular flexibility index (Phi) is 4.17. The van der Waals surface area contributed by atoms with Gasteiger partial charge in [0.15, 0.2) is 17.2 Å². The fraction of sp³-hybridized carbons (Fsp3) is 0.111. The molecular weight excluding hydrogens is 352 g/mol. The zero-order chi connectivity index (χ0) is 18.8. The number of ether oxygens (including phenoxy) is 2. The normalized spacial score (nSPS) is 12.0. The standard InChI is InChI=1S/C18H14N4O5/c23-18(19-10-12-4-5-16-17(8-12)27-11-26-16)15-6-7-21(20-15)13-2-1-3-14(9-13)22(24)25/h1-9H,10-11H2,(H,19,23). The smallest absolute Gasteiger partial charge is 0.272 e. The second-order valence-corrected chi connectivity index (χ2v) is 5.79. The number of aromatic nitrogens is 2. The molecule has 1 aliphatic rings. The first-order chi connectivity index (χ1) is 13.1. The Morgan fingerprint density at radius 3 is 2.89 bits per heavy atom. The van der Waals surface area contributed by atoms with E-state index in [-0.39, 0.29) is 24.1 Å². The monoisotopic (exact) mass is 366 g/mol. The van der Waals surface area contributed by atoms with Crippen LogP contribution in [0.5, 0.6) is 11.5 Å². The van der Waals surface area contributed by atoms with Crippen molar-refractivity contribution in [1.82, 2.24) is 15.1 Å². The van der Waals surface area contributed by atoms with Gasteiger partial charge in [-0.3, -0.25) is 14.9 Å². The largest absolute Gasteiger partial charge is 0.454 e. The number of nitro benzene ring substituents is 1. The summed E-state index contributed by atoms with van der Waals surface area (Å²) < 4.78 is 12.0. The molecule has 1 aromatic heterocycles. The van der Waals surface area contributed by atoms with Crippen LogP contribution in [0, 0.1) is 10.1 Å². The highest BCUT2D eigenvalue weighted by atomic mass is 16.7. The van der Waals surface area contributed by atoms with Crippen LogP contribution in [0.3, 0.4) is 0 Å². The molecule has 9 heteroatoms. The minimum absolute atomic E-state index is 0.0446. The molecule has 0 unspecified atom stereocenters. The molecule has 0 saturated heterocycles. The average Bonchev–Trinajstić information content (AvgIpc) is 3.35. The molecule has 0 atom stereocenters. The third kappa shape index (κ3) is 3.43. The minimum atomic E-state index is -0.480. The number of hydrogen-bond acceptors (Lipinski definition) is 6. The van der Waals surface area contributed by atoms with Crippen LogP contribution in [0.2, 0.25) is 0 Å². The van der Waals surface area contributed by atoms with Gasteiger partial charge in [0.2, 0.25) is 6.79 Å². The van der Waals surface area contributed by atoms with Crippen molar-refractivity contribution in [3.63, 3.8) is 0 Å². The van der Waals surface area contributed by atoms with Gasteiger partial charge >= 0.3 is 0 Å². The third-order valence-corrected chi connectivity index (χ3v) is 4.02. The summed E-state index contributed by atoms with van der Waals surface area (Å²) in [5.74, 6) is 0.981. The second kappa shape index (κ2) is 6.79. The molecule has 27 heavy (non-hydrogen) atoms. The van der Waals surface area contributed by atoms with Crippen LogP contribution in [0.25, 0.3) is 5.69 Å². The summed E-state index contributed by atoms with van der Waals surface area (Å²) in [4.78, 5) is 22.7. The Morgan fingerprint density at radius 1 is 1.19 bits per heavy atom. The Labute approximate surface area is 153 Å². The Hall–Kier alpha value is -3.88. The number of nitrogens with one attached hydrogen (secondary N) is 1. The van der Waals surface area contributed by atoms with Crippen LogP contribution >= 0.6 is 0 Å². The number of amides is 1. The average molecular weight is 366 g/mol. The topological polar surface area (TPSA) is 109 Å². The molecule has 136 valence electrons. The molecule has 0 spiro atoms. The molecule has 2 heterocycles. The van der Waals surface area contributed by atoms with Gasteiger partial charge < -0.3 is 14.8 Å². The van der Waals surface area contributed by atoms with Gasteiger partial charge in [-0.15, -0.1) is 0 Å². The van der Waals surface area contributed by atoms with Crippen molar-refractivity contribution in [2.24, 2.45) is 0 Å². The van der Waals surface area contributed by atoms with E-state index in [1.165, 1.54) is 16.8 Å². The van der Waals surface area contributed by atoms with Crippen molar-refractivity contribution >= 4 is 11.6 Å². The summed E-state index contributed by atoms with van der Waals surface area (Å²) in [6, 6.07) is 13.0. The first-order valence-corrected chi connectivity index (χ1v) is 8.07. The molecule has 0 aliphatic carbocycles. The van der Waals surface area contributed by atoms with Gasteiger partial charge in [0, 0.05) is 24.9 Å². The number of fused-ring (bicyclic) bond motifs is 1. The summed E-state index contributed by atoms with van der Waals surface area (Å²) in [6.07, 6.45) is 1.58. The summed E-state index contributed by atoms with van der Waals surface area (Å²) in [5, 5.41) is 17.9. The predicted molar refractivity (Wildman–Crippen MR) is 94.0 cm³/mol.